The average molecular weight is 281 g/mol. The summed E-state index contributed by atoms with van der Waals surface area (Å²) in [5.74, 6) is 1.21. The Morgan fingerprint density at radius 3 is 2.84 bits per heavy atom. The summed E-state index contributed by atoms with van der Waals surface area (Å²) in [4.78, 5) is 4.20. The molecule has 0 saturated heterocycles. The minimum atomic E-state index is -0.292. The van der Waals surface area contributed by atoms with Crippen molar-refractivity contribution in [1.29, 1.82) is 0 Å². The van der Waals surface area contributed by atoms with Crippen molar-refractivity contribution < 1.29 is 14.7 Å². The Labute approximate surface area is 114 Å². The van der Waals surface area contributed by atoms with E-state index < -0.39 is 0 Å². The number of phenols is 2. The van der Waals surface area contributed by atoms with E-state index >= 15 is 0 Å². The maximum atomic E-state index is 9.43. The molecule has 0 radical (unpaired) electrons. The molecule has 0 aliphatic rings. The van der Waals surface area contributed by atoms with Gasteiger partial charge in [-0.2, -0.15) is 16.7 Å². The zero-order valence-corrected chi connectivity index (χ0v) is 11.2. The highest BCUT2D eigenvalue weighted by Crippen LogP contribution is 2.29. The first-order valence-electron chi connectivity index (χ1n) is 5.72. The van der Waals surface area contributed by atoms with Gasteiger partial charge in [-0.15, -0.1) is 0 Å². The molecular formula is C12H15N3O3S. The standard InChI is InChI=1S/C12H15N3O3S/c1-19-5-4-8(13)12-14-11(15-18-12)7-2-3-9(16)10(17)6-7/h2-3,6,8,16-17H,4-5,13H2,1H3. The van der Waals surface area contributed by atoms with E-state index in [0.717, 1.165) is 12.2 Å². The highest BCUT2D eigenvalue weighted by molar-refractivity contribution is 7.98. The molecule has 0 amide bonds. The molecule has 0 aliphatic carbocycles. The van der Waals surface area contributed by atoms with Crippen molar-refractivity contribution in [3.8, 4) is 22.9 Å². The third-order valence-corrected chi connectivity index (χ3v) is 3.27. The smallest absolute Gasteiger partial charge is 0.243 e. The Hall–Kier alpha value is -1.73. The van der Waals surface area contributed by atoms with Gasteiger partial charge in [-0.1, -0.05) is 5.16 Å². The summed E-state index contributed by atoms with van der Waals surface area (Å²) in [6, 6.07) is 4.04. The third kappa shape index (κ3) is 3.18. The molecule has 0 aliphatic heterocycles. The van der Waals surface area contributed by atoms with Crippen LogP contribution < -0.4 is 5.73 Å². The molecule has 7 heteroatoms. The van der Waals surface area contributed by atoms with Crippen molar-refractivity contribution in [3.63, 3.8) is 0 Å². The van der Waals surface area contributed by atoms with Crippen molar-refractivity contribution >= 4 is 11.8 Å². The summed E-state index contributed by atoms with van der Waals surface area (Å²) in [5.41, 5.74) is 6.49. The van der Waals surface area contributed by atoms with Gasteiger partial charge < -0.3 is 20.5 Å². The number of rotatable bonds is 5. The van der Waals surface area contributed by atoms with E-state index in [2.05, 4.69) is 10.1 Å². The molecule has 0 fully saturated rings. The number of thioether (sulfide) groups is 1. The van der Waals surface area contributed by atoms with E-state index in [1.165, 1.54) is 12.1 Å². The summed E-state index contributed by atoms with van der Waals surface area (Å²) in [5, 5.41) is 22.5. The summed E-state index contributed by atoms with van der Waals surface area (Å²) in [7, 11) is 0. The average Bonchev–Trinajstić information content (AvgIpc) is 2.89. The van der Waals surface area contributed by atoms with Gasteiger partial charge in [0.25, 0.3) is 0 Å². The second-order valence-electron chi connectivity index (χ2n) is 4.05. The molecule has 0 spiro atoms. The van der Waals surface area contributed by atoms with E-state index in [-0.39, 0.29) is 17.5 Å². The molecule has 0 bridgehead atoms. The quantitative estimate of drug-likeness (QED) is 0.719. The Morgan fingerprint density at radius 1 is 1.37 bits per heavy atom. The summed E-state index contributed by atoms with van der Waals surface area (Å²) in [6.45, 7) is 0. The zero-order valence-electron chi connectivity index (χ0n) is 10.4. The molecule has 1 atom stereocenters. The molecule has 1 aromatic heterocycles. The summed E-state index contributed by atoms with van der Waals surface area (Å²) < 4.78 is 5.11. The van der Waals surface area contributed by atoms with Gasteiger partial charge in [-0.3, -0.25) is 0 Å². The minimum absolute atomic E-state index is 0.191. The molecule has 6 nitrogen and oxygen atoms in total. The third-order valence-electron chi connectivity index (χ3n) is 2.63. The van der Waals surface area contributed by atoms with Crippen molar-refractivity contribution in [2.24, 2.45) is 5.73 Å². The van der Waals surface area contributed by atoms with Crippen LogP contribution in [0.3, 0.4) is 0 Å². The van der Waals surface area contributed by atoms with Crippen LogP contribution in [0.4, 0.5) is 0 Å². The van der Waals surface area contributed by atoms with Crippen LogP contribution in [0.25, 0.3) is 11.4 Å². The van der Waals surface area contributed by atoms with Gasteiger partial charge in [0.1, 0.15) is 0 Å². The van der Waals surface area contributed by atoms with Crippen LogP contribution in [-0.2, 0) is 0 Å². The minimum Gasteiger partial charge on any atom is -0.504 e. The number of benzene rings is 1. The van der Waals surface area contributed by atoms with E-state index in [9.17, 15) is 10.2 Å². The number of hydrogen-bond acceptors (Lipinski definition) is 7. The predicted molar refractivity (Wildman–Crippen MR) is 73.0 cm³/mol. The monoisotopic (exact) mass is 281 g/mol. The van der Waals surface area contributed by atoms with Crippen molar-refractivity contribution in [2.45, 2.75) is 12.5 Å². The molecule has 1 unspecified atom stereocenters. The Balaban J connectivity index is 2.18. The molecule has 2 rings (SSSR count). The van der Waals surface area contributed by atoms with Crippen LogP contribution in [-0.4, -0.2) is 32.4 Å². The largest absolute Gasteiger partial charge is 0.504 e. The van der Waals surface area contributed by atoms with Gasteiger partial charge in [0.15, 0.2) is 11.5 Å². The Bertz CT molecular complexity index is 559. The molecular weight excluding hydrogens is 266 g/mol. The number of aromatic hydroxyl groups is 2. The van der Waals surface area contributed by atoms with Crippen LogP contribution in [0.5, 0.6) is 11.5 Å². The van der Waals surface area contributed by atoms with Gasteiger partial charge in [-0.25, -0.2) is 0 Å². The van der Waals surface area contributed by atoms with Gasteiger partial charge in [0, 0.05) is 5.56 Å². The number of nitrogens with two attached hydrogens (primary N) is 1. The first kappa shape index (κ1) is 13.7. The Kier molecular flexibility index (Phi) is 4.28. The first-order valence-corrected chi connectivity index (χ1v) is 7.11. The fourth-order valence-corrected chi connectivity index (χ4v) is 2.02. The SMILES string of the molecule is CSCCC(N)c1nc(-c2ccc(O)c(O)c2)no1. The lowest BCUT2D eigenvalue weighted by Gasteiger charge is -2.03. The van der Waals surface area contributed by atoms with Gasteiger partial charge in [0.05, 0.1) is 6.04 Å². The van der Waals surface area contributed by atoms with Crippen molar-refractivity contribution in [2.75, 3.05) is 12.0 Å². The molecule has 1 aromatic carbocycles. The highest BCUT2D eigenvalue weighted by Gasteiger charge is 2.16. The maximum Gasteiger partial charge on any atom is 0.243 e. The second-order valence-corrected chi connectivity index (χ2v) is 5.03. The first-order chi connectivity index (χ1) is 9.11. The van der Waals surface area contributed by atoms with Crippen LogP contribution in [0.2, 0.25) is 0 Å². The molecule has 1 heterocycles. The lowest BCUT2D eigenvalue weighted by molar-refractivity contribution is 0.353. The van der Waals surface area contributed by atoms with Crippen LogP contribution >= 0.6 is 11.8 Å². The molecule has 19 heavy (non-hydrogen) atoms. The number of phenolic OH excluding ortho intramolecular Hbond substituents is 2. The van der Waals surface area contributed by atoms with E-state index in [0.29, 0.717) is 17.3 Å². The number of nitrogens with zero attached hydrogens (tertiary/aromatic N) is 2. The molecule has 102 valence electrons. The predicted octanol–water partition coefficient (Wildman–Crippen LogP) is 1.90. The van der Waals surface area contributed by atoms with Gasteiger partial charge in [-0.05, 0) is 36.6 Å². The van der Waals surface area contributed by atoms with E-state index in [1.807, 2.05) is 6.26 Å². The fraction of sp³-hybridized carbons (Fsp3) is 0.333. The topological polar surface area (TPSA) is 105 Å². The molecule has 2 aromatic rings. The van der Waals surface area contributed by atoms with Crippen molar-refractivity contribution in [1.82, 2.24) is 10.1 Å². The van der Waals surface area contributed by atoms with Crippen molar-refractivity contribution in [3.05, 3.63) is 24.1 Å². The summed E-state index contributed by atoms with van der Waals surface area (Å²) in [6.07, 6.45) is 2.76. The lowest BCUT2D eigenvalue weighted by Crippen LogP contribution is -2.11. The normalized spacial score (nSPS) is 12.5. The maximum absolute atomic E-state index is 9.43. The number of aromatic nitrogens is 2. The van der Waals surface area contributed by atoms with Gasteiger partial charge >= 0.3 is 0 Å². The highest BCUT2D eigenvalue weighted by atomic mass is 32.2. The zero-order chi connectivity index (χ0) is 13.8. The Morgan fingerprint density at radius 2 is 2.16 bits per heavy atom. The van der Waals surface area contributed by atoms with E-state index in [4.69, 9.17) is 10.3 Å². The summed E-state index contributed by atoms with van der Waals surface area (Å²) >= 11 is 1.70. The van der Waals surface area contributed by atoms with Crippen LogP contribution in [0.1, 0.15) is 18.4 Å². The molecule has 0 saturated carbocycles. The number of hydrogen-bond donors (Lipinski definition) is 3. The molecule has 4 N–H and O–H groups in total. The van der Waals surface area contributed by atoms with Gasteiger partial charge in [0.2, 0.25) is 11.7 Å². The van der Waals surface area contributed by atoms with Crippen LogP contribution in [0, 0.1) is 0 Å². The van der Waals surface area contributed by atoms with E-state index in [1.54, 1.807) is 17.8 Å². The fourth-order valence-electron chi connectivity index (χ4n) is 1.53. The second kappa shape index (κ2) is 5.94. The van der Waals surface area contributed by atoms with Crippen LogP contribution in [0.15, 0.2) is 22.7 Å². The lowest BCUT2D eigenvalue weighted by atomic mass is 10.2.